The maximum atomic E-state index is 12.8. The van der Waals surface area contributed by atoms with Crippen LogP contribution in [0.4, 0.5) is 0 Å². The van der Waals surface area contributed by atoms with E-state index in [1.54, 1.807) is 51.1 Å². The van der Waals surface area contributed by atoms with E-state index in [2.05, 4.69) is 0 Å². The van der Waals surface area contributed by atoms with Crippen LogP contribution in [0.3, 0.4) is 0 Å². The van der Waals surface area contributed by atoms with Crippen molar-refractivity contribution in [1.29, 1.82) is 0 Å². The first-order chi connectivity index (χ1) is 16.4. The zero-order valence-corrected chi connectivity index (χ0v) is 23.1. The summed E-state index contributed by atoms with van der Waals surface area (Å²) in [7, 11) is -3.85. The number of hydrogen-bond donors (Lipinski definition) is 1. The minimum absolute atomic E-state index is 0.175. The minimum atomic E-state index is -3.85. The summed E-state index contributed by atoms with van der Waals surface area (Å²) >= 11 is 0. The molecule has 2 rings (SSSR count). The summed E-state index contributed by atoms with van der Waals surface area (Å²) in [4.78, 5) is 25.2. The van der Waals surface area contributed by atoms with Gasteiger partial charge in [0.15, 0.2) is 0 Å². The predicted molar refractivity (Wildman–Crippen MR) is 138 cm³/mol. The zero-order chi connectivity index (χ0) is 27.5. The molecule has 0 fully saturated rings. The summed E-state index contributed by atoms with van der Waals surface area (Å²) in [6.45, 7) is 12.5. The lowest BCUT2D eigenvalue weighted by Gasteiger charge is -2.33. The second kappa shape index (κ2) is 11.1. The third-order valence-corrected chi connectivity index (χ3v) is 6.00. The maximum Gasteiger partial charge on any atom is 0.343 e. The maximum absolute atomic E-state index is 12.8. The highest BCUT2D eigenvalue weighted by atomic mass is 32.2. The van der Waals surface area contributed by atoms with Crippen molar-refractivity contribution in [2.75, 3.05) is 6.26 Å². The van der Waals surface area contributed by atoms with Crippen LogP contribution in [0.5, 0.6) is 5.75 Å². The van der Waals surface area contributed by atoms with Crippen LogP contribution in [0.15, 0.2) is 42.5 Å². The summed E-state index contributed by atoms with van der Waals surface area (Å²) in [5.41, 5.74) is 7.25. The van der Waals surface area contributed by atoms with Crippen LogP contribution in [0.1, 0.15) is 74.7 Å². The summed E-state index contributed by atoms with van der Waals surface area (Å²) in [6, 6.07) is 11.0. The van der Waals surface area contributed by atoms with E-state index >= 15 is 0 Å². The van der Waals surface area contributed by atoms with Crippen LogP contribution in [0.2, 0.25) is 0 Å². The van der Waals surface area contributed by atoms with Crippen LogP contribution in [-0.2, 0) is 30.4 Å². The highest BCUT2D eigenvalue weighted by molar-refractivity contribution is 7.86. The molecule has 0 saturated carbocycles. The predicted octanol–water partition coefficient (Wildman–Crippen LogP) is 4.69. The minimum Gasteiger partial charge on any atom is -0.460 e. The second-order valence-corrected chi connectivity index (χ2v) is 12.7. The smallest absolute Gasteiger partial charge is 0.343 e. The van der Waals surface area contributed by atoms with Gasteiger partial charge in [-0.05, 0) is 62.9 Å². The summed E-state index contributed by atoms with van der Waals surface area (Å²) < 4.78 is 40.6. The first-order valence-electron chi connectivity index (χ1n) is 11.6. The van der Waals surface area contributed by atoms with Gasteiger partial charge in [0, 0.05) is 11.6 Å². The van der Waals surface area contributed by atoms with Crippen LogP contribution in [0, 0.1) is 17.8 Å². The Balaban J connectivity index is 2.52. The van der Waals surface area contributed by atoms with Gasteiger partial charge in [-0.25, -0.2) is 4.79 Å². The monoisotopic (exact) mass is 519 g/mol. The molecular weight excluding hydrogens is 482 g/mol. The van der Waals surface area contributed by atoms with E-state index in [1.807, 2.05) is 33.8 Å². The molecule has 0 radical (unpaired) electrons. The number of benzene rings is 2. The van der Waals surface area contributed by atoms with Gasteiger partial charge in [-0.2, -0.15) is 8.42 Å². The lowest BCUT2D eigenvalue weighted by Crippen LogP contribution is -2.42. The summed E-state index contributed by atoms with van der Waals surface area (Å²) in [5, 5.41) is 0. The fourth-order valence-electron chi connectivity index (χ4n) is 3.24. The van der Waals surface area contributed by atoms with E-state index in [-0.39, 0.29) is 12.4 Å². The average molecular weight is 520 g/mol. The lowest BCUT2D eigenvalue weighted by atomic mass is 9.81. The molecule has 2 unspecified atom stereocenters. The van der Waals surface area contributed by atoms with Crippen LogP contribution in [0.25, 0.3) is 0 Å². The quantitative estimate of drug-likeness (QED) is 0.303. The van der Waals surface area contributed by atoms with Gasteiger partial charge < -0.3 is 15.2 Å². The fourth-order valence-corrected chi connectivity index (χ4v) is 3.85. The van der Waals surface area contributed by atoms with Crippen LogP contribution >= 0.6 is 0 Å². The molecule has 9 heteroatoms. The Morgan fingerprint density at radius 1 is 1.00 bits per heavy atom. The molecule has 198 valence electrons. The molecule has 2 N–H and O–H groups in total. The Morgan fingerprint density at radius 3 is 2.17 bits per heavy atom. The summed E-state index contributed by atoms with van der Waals surface area (Å²) in [5.74, 6) is -0.848. The highest BCUT2D eigenvalue weighted by Gasteiger charge is 2.34. The Morgan fingerprint density at radius 2 is 1.64 bits per heavy atom. The van der Waals surface area contributed by atoms with Gasteiger partial charge in [-0.15, -0.1) is 0 Å². The molecule has 36 heavy (non-hydrogen) atoms. The second-order valence-electron chi connectivity index (χ2n) is 11.1. The van der Waals surface area contributed by atoms with E-state index in [0.717, 1.165) is 11.8 Å². The number of rotatable bonds is 8. The molecule has 8 nitrogen and oxygen atoms in total. The number of carbonyl (C=O) groups is 2. The van der Waals surface area contributed by atoms with E-state index in [9.17, 15) is 18.0 Å². The van der Waals surface area contributed by atoms with Gasteiger partial charge in [-0.1, -0.05) is 44.5 Å². The Labute approximate surface area is 214 Å². The van der Waals surface area contributed by atoms with Crippen LogP contribution in [-0.4, -0.2) is 32.7 Å². The van der Waals surface area contributed by atoms with Crippen molar-refractivity contribution in [3.05, 3.63) is 64.7 Å². The molecular formula is C27H37NO7S. The Hall–Kier alpha value is -2.75. The van der Waals surface area contributed by atoms with E-state index in [1.165, 1.54) is 6.07 Å². The van der Waals surface area contributed by atoms with Crippen molar-refractivity contribution >= 4 is 22.1 Å². The molecule has 0 aliphatic carbocycles. The lowest BCUT2D eigenvalue weighted by molar-refractivity contribution is -0.154. The van der Waals surface area contributed by atoms with Gasteiger partial charge in [0.05, 0.1) is 17.2 Å². The Bertz CT molecular complexity index is 1210. The highest BCUT2D eigenvalue weighted by Crippen LogP contribution is 2.35. The topological polar surface area (TPSA) is 122 Å². The number of nitrogens with two attached hydrogens (primary N) is 1. The SMILES string of the molecule is Cc1cccc(C(=O)Oc2ccc(C(OS(C)(=O)=O)C(N)C(C)(C)C)cc2COC(=O)C(C)(C)C)c1. The number of ether oxygens (including phenoxy) is 2. The number of esters is 2. The molecule has 0 aliphatic heterocycles. The molecule has 0 spiro atoms. The van der Waals surface area contributed by atoms with Gasteiger partial charge >= 0.3 is 11.9 Å². The van der Waals surface area contributed by atoms with Crippen molar-refractivity contribution in [2.24, 2.45) is 16.6 Å². The van der Waals surface area contributed by atoms with Crippen molar-refractivity contribution in [3.8, 4) is 5.75 Å². The van der Waals surface area contributed by atoms with E-state index in [4.69, 9.17) is 19.4 Å². The largest absolute Gasteiger partial charge is 0.460 e. The number of hydrogen-bond acceptors (Lipinski definition) is 8. The molecule has 0 heterocycles. The van der Waals surface area contributed by atoms with Gasteiger partial charge in [0.25, 0.3) is 10.1 Å². The molecule has 2 aromatic rings. The number of aryl methyl sites for hydroxylation is 1. The molecule has 0 aromatic heterocycles. The number of carbonyl (C=O) groups excluding carboxylic acids is 2. The van der Waals surface area contributed by atoms with E-state index in [0.29, 0.717) is 16.7 Å². The van der Waals surface area contributed by atoms with Crippen molar-refractivity contribution < 1.29 is 31.7 Å². The van der Waals surface area contributed by atoms with E-state index < -0.39 is 45.0 Å². The van der Waals surface area contributed by atoms with Crippen molar-refractivity contribution in [2.45, 2.75) is 67.2 Å². The van der Waals surface area contributed by atoms with Gasteiger partial charge in [0.1, 0.15) is 18.5 Å². The molecule has 0 amide bonds. The average Bonchev–Trinajstić information content (AvgIpc) is 2.74. The molecule has 0 bridgehead atoms. The fraction of sp³-hybridized carbons (Fsp3) is 0.481. The van der Waals surface area contributed by atoms with Crippen molar-refractivity contribution in [1.82, 2.24) is 0 Å². The first-order valence-corrected chi connectivity index (χ1v) is 13.4. The third kappa shape index (κ3) is 8.43. The zero-order valence-electron chi connectivity index (χ0n) is 22.2. The van der Waals surface area contributed by atoms with Gasteiger partial charge in [-0.3, -0.25) is 8.98 Å². The van der Waals surface area contributed by atoms with Gasteiger partial charge in [0.2, 0.25) is 0 Å². The molecule has 0 saturated heterocycles. The third-order valence-electron chi connectivity index (χ3n) is 5.45. The Kier molecular flexibility index (Phi) is 9.10. The van der Waals surface area contributed by atoms with Crippen LogP contribution < -0.4 is 10.5 Å². The normalized spacial score (nSPS) is 14.1. The standard InChI is InChI=1S/C27H37NO7S/c1-17-10-9-11-19(14-17)24(29)34-21-13-12-18(15-20(21)16-33-25(30)27(5,6)7)22(35-36(8,31)32)23(28)26(2,3)4/h9-15,22-23H,16,28H2,1-8H3. The summed E-state index contributed by atoms with van der Waals surface area (Å²) in [6.07, 6.45) is -0.0575. The molecule has 2 aromatic carbocycles. The molecule has 2 atom stereocenters. The van der Waals surface area contributed by atoms with Crippen molar-refractivity contribution in [3.63, 3.8) is 0 Å². The molecule has 0 aliphatic rings. The first kappa shape index (κ1) is 29.5.